The van der Waals surface area contributed by atoms with Gasteiger partial charge in [0.2, 0.25) is 11.8 Å². The van der Waals surface area contributed by atoms with Crippen LogP contribution in [0, 0.1) is 0 Å². The van der Waals surface area contributed by atoms with Crippen LogP contribution in [-0.2, 0) is 49.1 Å². The van der Waals surface area contributed by atoms with Gasteiger partial charge in [0, 0.05) is 145 Å². The number of carbonyl (C=O) groups excluding carboxylic acids is 2. The third-order valence-electron chi connectivity index (χ3n) is 12.3. The normalized spacial score (nSPS) is 13.9. The third-order valence-corrected chi connectivity index (χ3v) is 12.8. The number of hydrogen-bond acceptors (Lipinski definition) is 8. The van der Waals surface area contributed by atoms with Gasteiger partial charge in [-0.2, -0.15) is 15.3 Å². The van der Waals surface area contributed by atoms with E-state index in [-0.39, 0.29) is 11.8 Å². The van der Waals surface area contributed by atoms with E-state index in [2.05, 4.69) is 101 Å². The molecular weight excluding hydrogens is 877 g/mol. The molecule has 0 bridgehead atoms. The molecule has 0 atom stereocenters. The van der Waals surface area contributed by atoms with Gasteiger partial charge in [0.15, 0.2) is 0 Å². The molecule has 0 fully saturated rings. The topological polar surface area (TPSA) is 133 Å². The van der Waals surface area contributed by atoms with Crippen LogP contribution in [0.5, 0.6) is 0 Å². The average molecular weight is 922 g/mol. The number of halogens is 1. The van der Waals surface area contributed by atoms with Crippen molar-refractivity contribution in [2.75, 3.05) is 13.1 Å². The van der Waals surface area contributed by atoms with Crippen molar-refractivity contribution < 1.29 is 9.59 Å². The molecule has 306 valence electrons. The minimum atomic E-state index is 0.0354. The Balaban J connectivity index is 0.914. The van der Waals surface area contributed by atoms with Crippen molar-refractivity contribution in [3.8, 4) is 45.0 Å². The summed E-state index contributed by atoms with van der Waals surface area (Å²) >= 11 is 2.13. The molecule has 0 spiro atoms. The Bertz CT molecular complexity index is 3020. The van der Waals surface area contributed by atoms with Crippen LogP contribution in [0.4, 0.5) is 0 Å². The van der Waals surface area contributed by atoms with Crippen LogP contribution >= 0.6 is 22.9 Å². The molecular formula is C47H44IN11O2. The standard InChI is InChI=1S/C47H44IN11O2/c1-28(2)40-12-11-32(21-49-40)41-19-30-7-5-9-34(36(30)23-50-41)46-38-27-57(17-13-43(38)55(4)53-46)45(61)15-18-58-44-14-16-56(29(3)60)26-39(44)47(54-58)35-10-6-8-31-20-42(51-24-37(31)35)33-22-52-59(48)25-33/h5-12,19-25,28H,13-18,26-27H2,1-4H3. The highest BCUT2D eigenvalue weighted by Crippen LogP contribution is 2.37. The molecule has 8 heterocycles. The molecule has 0 unspecified atom stereocenters. The molecule has 8 aromatic rings. The zero-order chi connectivity index (χ0) is 41.9. The Kier molecular flexibility index (Phi) is 9.96. The van der Waals surface area contributed by atoms with Crippen LogP contribution < -0.4 is 0 Å². The lowest BCUT2D eigenvalue weighted by molar-refractivity contribution is -0.132. The van der Waals surface area contributed by atoms with Gasteiger partial charge in [-0.3, -0.25) is 33.9 Å². The molecule has 14 heteroatoms. The van der Waals surface area contributed by atoms with Crippen LogP contribution in [0.3, 0.4) is 0 Å². The van der Waals surface area contributed by atoms with Gasteiger partial charge in [-0.25, -0.2) is 2.90 Å². The first-order chi connectivity index (χ1) is 29.6. The fourth-order valence-corrected chi connectivity index (χ4v) is 9.37. The molecule has 0 aliphatic carbocycles. The number of rotatable bonds is 8. The second-order valence-corrected chi connectivity index (χ2v) is 17.3. The lowest BCUT2D eigenvalue weighted by atomic mass is 9.96. The number of nitrogens with zero attached hydrogens (tertiary/aromatic N) is 11. The summed E-state index contributed by atoms with van der Waals surface area (Å²) in [6.45, 7) is 8.51. The molecule has 0 N–H and O–H groups in total. The van der Waals surface area contributed by atoms with Crippen LogP contribution in [0.1, 0.15) is 61.3 Å². The van der Waals surface area contributed by atoms with Crippen LogP contribution in [0.2, 0.25) is 0 Å². The van der Waals surface area contributed by atoms with Gasteiger partial charge in [0.05, 0.1) is 58.4 Å². The van der Waals surface area contributed by atoms with E-state index in [0.29, 0.717) is 51.5 Å². The van der Waals surface area contributed by atoms with E-state index in [1.807, 2.05) is 63.3 Å². The van der Waals surface area contributed by atoms with E-state index in [1.54, 1.807) is 9.82 Å². The van der Waals surface area contributed by atoms with E-state index >= 15 is 0 Å². The summed E-state index contributed by atoms with van der Waals surface area (Å²) in [6.07, 6.45) is 11.2. The predicted molar refractivity (Wildman–Crippen MR) is 243 cm³/mol. The quantitative estimate of drug-likeness (QED) is 0.140. The largest absolute Gasteiger partial charge is 0.338 e. The van der Waals surface area contributed by atoms with Gasteiger partial charge < -0.3 is 9.80 Å². The minimum Gasteiger partial charge on any atom is -0.338 e. The Morgan fingerprint density at radius 1 is 0.738 bits per heavy atom. The third kappa shape index (κ3) is 7.15. The maximum absolute atomic E-state index is 14.2. The van der Waals surface area contributed by atoms with Crippen molar-refractivity contribution in [1.29, 1.82) is 0 Å². The SMILES string of the molecule is CC(=O)N1CCc2c(c(-c3cccc4cc(-c5cnn(I)c5)ncc34)nn2CCC(=O)N2CCc3c(c(-c4cccc5cc(-c6ccc(C(C)C)nc6)ncc45)nn3C)C2)C1. The molecule has 2 amide bonds. The van der Waals surface area contributed by atoms with E-state index in [4.69, 9.17) is 20.2 Å². The van der Waals surface area contributed by atoms with Crippen molar-refractivity contribution in [2.45, 2.75) is 65.6 Å². The number of hydrogen-bond donors (Lipinski definition) is 0. The number of pyridine rings is 3. The Labute approximate surface area is 366 Å². The van der Waals surface area contributed by atoms with Gasteiger partial charge in [-0.1, -0.05) is 50.2 Å². The van der Waals surface area contributed by atoms with Gasteiger partial charge in [0.1, 0.15) is 0 Å². The maximum Gasteiger partial charge on any atom is 0.224 e. The highest BCUT2D eigenvalue weighted by Gasteiger charge is 2.30. The van der Waals surface area contributed by atoms with E-state index in [0.717, 1.165) is 101 Å². The summed E-state index contributed by atoms with van der Waals surface area (Å²) in [5.41, 5.74) is 12.7. The zero-order valence-electron chi connectivity index (χ0n) is 34.5. The molecule has 10 rings (SSSR count). The van der Waals surface area contributed by atoms with Crippen molar-refractivity contribution in [2.24, 2.45) is 7.05 Å². The van der Waals surface area contributed by atoms with Gasteiger partial charge in [0.25, 0.3) is 0 Å². The lowest BCUT2D eigenvalue weighted by Crippen LogP contribution is -2.37. The predicted octanol–water partition coefficient (Wildman–Crippen LogP) is 8.17. The van der Waals surface area contributed by atoms with E-state index in [9.17, 15) is 9.59 Å². The molecule has 0 saturated carbocycles. The smallest absolute Gasteiger partial charge is 0.224 e. The first kappa shape index (κ1) is 38.9. The zero-order valence-corrected chi connectivity index (χ0v) is 36.7. The summed E-state index contributed by atoms with van der Waals surface area (Å²) in [5.74, 6) is 0.472. The van der Waals surface area contributed by atoms with E-state index in [1.165, 1.54) is 0 Å². The molecule has 2 aliphatic heterocycles. The number of amides is 2. The average Bonchev–Trinajstić information content (AvgIpc) is 3.98. The molecule has 2 aromatic carbocycles. The summed E-state index contributed by atoms with van der Waals surface area (Å²) in [7, 11) is 1.99. The fourth-order valence-electron chi connectivity index (χ4n) is 8.94. The molecule has 2 aliphatic rings. The summed E-state index contributed by atoms with van der Waals surface area (Å²) in [6, 6.07) is 20.8. The summed E-state index contributed by atoms with van der Waals surface area (Å²) < 4.78 is 5.72. The highest BCUT2D eigenvalue weighted by molar-refractivity contribution is 14.1. The number of carbonyl (C=O) groups is 2. The first-order valence-electron chi connectivity index (χ1n) is 20.7. The lowest BCUT2D eigenvalue weighted by Gasteiger charge is -2.28. The van der Waals surface area contributed by atoms with Crippen LogP contribution in [0.25, 0.3) is 66.6 Å². The first-order valence-corrected chi connectivity index (χ1v) is 21.7. The van der Waals surface area contributed by atoms with Crippen molar-refractivity contribution >= 4 is 56.2 Å². The second kappa shape index (κ2) is 15.6. The number of aromatic nitrogens is 9. The Morgan fingerprint density at radius 3 is 2.02 bits per heavy atom. The summed E-state index contributed by atoms with van der Waals surface area (Å²) in [4.78, 5) is 45.0. The molecule has 0 saturated heterocycles. The number of benzene rings is 2. The van der Waals surface area contributed by atoms with Gasteiger partial charge in [-0.05, 0) is 41.0 Å². The van der Waals surface area contributed by atoms with Crippen LogP contribution in [0.15, 0.2) is 91.6 Å². The number of aryl methyl sites for hydroxylation is 2. The van der Waals surface area contributed by atoms with Crippen molar-refractivity contribution in [3.63, 3.8) is 0 Å². The molecule has 6 aromatic heterocycles. The highest BCUT2D eigenvalue weighted by atomic mass is 127. The minimum absolute atomic E-state index is 0.0354. The molecule has 0 radical (unpaired) electrons. The van der Waals surface area contributed by atoms with Gasteiger partial charge in [-0.15, -0.1) is 0 Å². The van der Waals surface area contributed by atoms with Gasteiger partial charge >= 0.3 is 0 Å². The second-order valence-electron chi connectivity index (χ2n) is 16.3. The summed E-state index contributed by atoms with van der Waals surface area (Å²) in [5, 5.41) is 18.7. The fraction of sp³-hybridized carbons (Fsp3) is 0.277. The molecule has 61 heavy (non-hydrogen) atoms. The van der Waals surface area contributed by atoms with Crippen molar-refractivity contribution in [1.82, 2.24) is 52.3 Å². The van der Waals surface area contributed by atoms with Crippen molar-refractivity contribution in [3.05, 3.63) is 120 Å². The van der Waals surface area contributed by atoms with Crippen LogP contribution in [-0.4, -0.2) is 77.2 Å². The Morgan fingerprint density at radius 2 is 1.38 bits per heavy atom. The Hall–Kier alpha value is -6.29. The maximum atomic E-state index is 14.2. The monoisotopic (exact) mass is 921 g/mol. The van der Waals surface area contributed by atoms with E-state index < -0.39 is 0 Å². The molecule has 13 nitrogen and oxygen atoms in total. The number of fused-ring (bicyclic) bond motifs is 4.